The minimum Gasteiger partial charge on any atom is -0.351 e. The van der Waals surface area contributed by atoms with Crippen molar-refractivity contribution in [2.45, 2.75) is 12.8 Å². The van der Waals surface area contributed by atoms with Crippen molar-refractivity contribution in [3.63, 3.8) is 0 Å². The van der Waals surface area contributed by atoms with Crippen LogP contribution < -0.4 is 10.6 Å². The third kappa shape index (κ3) is 4.94. The predicted molar refractivity (Wildman–Crippen MR) is 99.9 cm³/mol. The molecule has 0 spiro atoms. The van der Waals surface area contributed by atoms with Crippen molar-refractivity contribution in [2.24, 2.45) is 0 Å². The number of thiophene rings is 1. The van der Waals surface area contributed by atoms with Gasteiger partial charge in [-0.2, -0.15) is 0 Å². The molecule has 0 bridgehead atoms. The van der Waals surface area contributed by atoms with Crippen LogP contribution in [-0.2, 0) is 4.79 Å². The van der Waals surface area contributed by atoms with E-state index in [2.05, 4.69) is 20.6 Å². The Labute approximate surface area is 153 Å². The van der Waals surface area contributed by atoms with Crippen molar-refractivity contribution in [3.8, 4) is 11.3 Å². The highest BCUT2D eigenvalue weighted by Crippen LogP contribution is 2.24. The molecule has 0 aliphatic heterocycles. The van der Waals surface area contributed by atoms with Gasteiger partial charge in [-0.15, -0.1) is 22.7 Å². The molecule has 128 valence electrons. The van der Waals surface area contributed by atoms with Crippen LogP contribution in [0.5, 0.6) is 0 Å². The summed E-state index contributed by atoms with van der Waals surface area (Å²) in [4.78, 5) is 32.9. The zero-order valence-corrected chi connectivity index (χ0v) is 14.9. The zero-order valence-electron chi connectivity index (χ0n) is 13.3. The lowest BCUT2D eigenvalue weighted by atomic mass is 10.2. The van der Waals surface area contributed by atoms with E-state index in [4.69, 9.17) is 0 Å². The fraction of sp³-hybridized carbons (Fsp3) is 0.176. The molecule has 3 rings (SSSR count). The molecular weight excluding hydrogens is 356 g/mol. The molecule has 6 nitrogen and oxygen atoms in total. The first-order valence-electron chi connectivity index (χ1n) is 7.70. The zero-order chi connectivity index (χ0) is 17.5. The molecule has 25 heavy (non-hydrogen) atoms. The van der Waals surface area contributed by atoms with Crippen LogP contribution in [0.25, 0.3) is 11.3 Å². The quantitative estimate of drug-likeness (QED) is 0.623. The fourth-order valence-electron chi connectivity index (χ4n) is 2.11. The number of carbonyl (C=O) groups excluding carboxylic acids is 2. The molecule has 0 aromatic carbocycles. The second-order valence-corrected chi connectivity index (χ2v) is 6.97. The number of rotatable bonds is 7. The van der Waals surface area contributed by atoms with Crippen LogP contribution in [0.15, 0.2) is 47.4 Å². The predicted octanol–water partition coefficient (Wildman–Crippen LogP) is 3.42. The highest BCUT2D eigenvalue weighted by atomic mass is 32.1. The van der Waals surface area contributed by atoms with Gasteiger partial charge in [0.15, 0.2) is 5.13 Å². The smallest absolute Gasteiger partial charge is 0.261 e. The van der Waals surface area contributed by atoms with Gasteiger partial charge in [0, 0.05) is 36.3 Å². The van der Waals surface area contributed by atoms with Crippen LogP contribution in [0, 0.1) is 0 Å². The van der Waals surface area contributed by atoms with Crippen molar-refractivity contribution < 1.29 is 9.59 Å². The molecule has 3 aromatic heterocycles. The van der Waals surface area contributed by atoms with Crippen LogP contribution in [0.4, 0.5) is 5.13 Å². The second-order valence-electron chi connectivity index (χ2n) is 5.16. The second kappa shape index (κ2) is 8.50. The Morgan fingerprint density at radius 1 is 1.16 bits per heavy atom. The molecule has 0 unspecified atom stereocenters. The molecule has 3 aromatic rings. The normalized spacial score (nSPS) is 10.4. The maximum atomic E-state index is 12.0. The molecule has 0 saturated heterocycles. The van der Waals surface area contributed by atoms with E-state index in [9.17, 15) is 9.59 Å². The Kier molecular flexibility index (Phi) is 5.86. The summed E-state index contributed by atoms with van der Waals surface area (Å²) in [7, 11) is 0. The Balaban J connectivity index is 1.41. The Morgan fingerprint density at radius 3 is 2.84 bits per heavy atom. The summed E-state index contributed by atoms with van der Waals surface area (Å²) >= 11 is 2.77. The first kappa shape index (κ1) is 17.2. The molecule has 8 heteroatoms. The van der Waals surface area contributed by atoms with Gasteiger partial charge < -0.3 is 10.6 Å². The monoisotopic (exact) mass is 372 g/mol. The van der Waals surface area contributed by atoms with Gasteiger partial charge in [-0.3, -0.25) is 14.6 Å². The lowest BCUT2D eigenvalue weighted by Gasteiger charge is -2.04. The molecule has 0 fully saturated rings. The molecule has 2 N–H and O–H groups in total. The minimum absolute atomic E-state index is 0.101. The van der Waals surface area contributed by atoms with Gasteiger partial charge in [0.1, 0.15) is 0 Å². The number of pyridine rings is 1. The van der Waals surface area contributed by atoms with Gasteiger partial charge in [-0.25, -0.2) is 4.98 Å². The maximum absolute atomic E-state index is 12.0. The molecule has 0 radical (unpaired) electrons. The number of nitrogens with one attached hydrogen (secondary N) is 2. The molecule has 3 heterocycles. The van der Waals surface area contributed by atoms with E-state index >= 15 is 0 Å². The van der Waals surface area contributed by atoms with E-state index in [0.717, 1.165) is 11.3 Å². The van der Waals surface area contributed by atoms with Crippen LogP contribution in [-0.4, -0.2) is 28.3 Å². The average Bonchev–Trinajstić information content (AvgIpc) is 3.31. The van der Waals surface area contributed by atoms with Crippen molar-refractivity contribution in [3.05, 3.63) is 52.3 Å². The topological polar surface area (TPSA) is 84.0 Å². The lowest BCUT2D eigenvalue weighted by Crippen LogP contribution is -2.24. The van der Waals surface area contributed by atoms with Crippen molar-refractivity contribution in [1.29, 1.82) is 0 Å². The number of amides is 2. The number of hydrogen-bond acceptors (Lipinski definition) is 6. The first-order valence-corrected chi connectivity index (χ1v) is 9.46. The van der Waals surface area contributed by atoms with E-state index < -0.39 is 0 Å². The number of hydrogen-bond donors (Lipinski definition) is 2. The Bertz CT molecular complexity index is 831. The fourth-order valence-corrected chi connectivity index (χ4v) is 3.48. The number of anilines is 1. The third-order valence-electron chi connectivity index (χ3n) is 3.32. The standard InChI is InChI=1S/C17H16N4O2S2/c22-15(6-2-8-19-16(23)14-5-3-9-24-14)21-17-20-13(11-25-17)12-4-1-7-18-10-12/h1,3-5,7,9-11H,2,6,8H2,(H,19,23)(H,20,21,22). The summed E-state index contributed by atoms with van der Waals surface area (Å²) in [5, 5.41) is 9.89. The van der Waals surface area contributed by atoms with Gasteiger partial charge >= 0.3 is 0 Å². The summed E-state index contributed by atoms with van der Waals surface area (Å²) in [5.74, 6) is -0.214. The van der Waals surface area contributed by atoms with Gasteiger partial charge in [-0.05, 0) is 30.0 Å². The van der Waals surface area contributed by atoms with Crippen LogP contribution in [0.3, 0.4) is 0 Å². The molecule has 0 aliphatic carbocycles. The molecular formula is C17H16N4O2S2. The van der Waals surface area contributed by atoms with Crippen LogP contribution in [0.1, 0.15) is 22.5 Å². The van der Waals surface area contributed by atoms with Gasteiger partial charge in [0.25, 0.3) is 5.91 Å². The van der Waals surface area contributed by atoms with E-state index in [-0.39, 0.29) is 11.8 Å². The maximum Gasteiger partial charge on any atom is 0.261 e. The SMILES string of the molecule is O=C(CCCNC(=O)c1cccs1)Nc1nc(-c2cccnc2)cs1. The third-order valence-corrected chi connectivity index (χ3v) is 4.95. The highest BCUT2D eigenvalue weighted by molar-refractivity contribution is 7.14. The summed E-state index contributed by atoms with van der Waals surface area (Å²) in [5.41, 5.74) is 1.70. The van der Waals surface area contributed by atoms with Crippen molar-refractivity contribution >= 4 is 39.6 Å². The van der Waals surface area contributed by atoms with Gasteiger partial charge in [-0.1, -0.05) is 6.07 Å². The Morgan fingerprint density at radius 2 is 2.08 bits per heavy atom. The lowest BCUT2D eigenvalue weighted by molar-refractivity contribution is -0.116. The van der Waals surface area contributed by atoms with Crippen LogP contribution >= 0.6 is 22.7 Å². The molecule has 0 saturated carbocycles. The number of thiazole rings is 1. The first-order chi connectivity index (χ1) is 12.2. The summed E-state index contributed by atoms with van der Waals surface area (Å²) < 4.78 is 0. The van der Waals surface area contributed by atoms with Crippen molar-refractivity contribution in [1.82, 2.24) is 15.3 Å². The highest BCUT2D eigenvalue weighted by Gasteiger charge is 2.09. The Hall–Kier alpha value is -2.58. The number of carbonyl (C=O) groups is 2. The van der Waals surface area contributed by atoms with Crippen molar-refractivity contribution in [2.75, 3.05) is 11.9 Å². The van der Waals surface area contributed by atoms with Gasteiger partial charge in [0.2, 0.25) is 5.91 Å². The summed E-state index contributed by atoms with van der Waals surface area (Å²) in [6, 6.07) is 7.37. The molecule has 2 amide bonds. The average molecular weight is 372 g/mol. The number of nitrogens with zero attached hydrogens (tertiary/aromatic N) is 2. The summed E-state index contributed by atoms with van der Waals surface area (Å²) in [6.07, 6.45) is 4.34. The van der Waals surface area contributed by atoms with E-state index in [1.165, 1.54) is 22.7 Å². The van der Waals surface area contributed by atoms with Gasteiger partial charge in [0.05, 0.1) is 10.6 Å². The molecule has 0 atom stereocenters. The van der Waals surface area contributed by atoms with Crippen LogP contribution in [0.2, 0.25) is 0 Å². The largest absolute Gasteiger partial charge is 0.351 e. The minimum atomic E-state index is -0.113. The van der Waals surface area contributed by atoms with E-state index in [1.807, 2.05) is 29.0 Å². The van der Waals surface area contributed by atoms with E-state index in [1.54, 1.807) is 18.5 Å². The molecule has 0 aliphatic rings. The van der Waals surface area contributed by atoms with E-state index in [0.29, 0.717) is 29.4 Å². The number of aromatic nitrogens is 2. The summed E-state index contributed by atoms with van der Waals surface area (Å²) in [6.45, 7) is 0.461.